The summed E-state index contributed by atoms with van der Waals surface area (Å²) in [5.41, 5.74) is 0.956. The van der Waals surface area contributed by atoms with E-state index in [1.54, 1.807) is 18.2 Å². The molecule has 0 bridgehead atoms. The molecule has 0 unspecified atom stereocenters. The third-order valence-electron chi connectivity index (χ3n) is 5.16. The topological polar surface area (TPSA) is 64.0 Å². The van der Waals surface area contributed by atoms with Gasteiger partial charge in [-0.2, -0.15) is 0 Å². The fraction of sp³-hybridized carbons (Fsp3) is 0.571. The smallest absolute Gasteiger partial charge is 0.261 e. The number of fused-ring (bicyclic) bond motifs is 2. The second-order valence-corrected chi connectivity index (χ2v) is 7.97. The number of aryl methyl sites for hydroxylation is 1. The van der Waals surface area contributed by atoms with E-state index in [1.165, 1.54) is 6.42 Å². The fourth-order valence-corrected chi connectivity index (χ4v) is 3.80. The Labute approximate surface area is 154 Å². The molecule has 1 aliphatic rings. The van der Waals surface area contributed by atoms with E-state index in [1.807, 2.05) is 18.4 Å². The van der Waals surface area contributed by atoms with Crippen molar-refractivity contribution in [2.75, 3.05) is 0 Å². The number of benzene rings is 1. The monoisotopic (exact) mass is 355 g/mol. The summed E-state index contributed by atoms with van der Waals surface area (Å²) in [6.45, 7) is 6.91. The van der Waals surface area contributed by atoms with Crippen molar-refractivity contribution in [3.05, 3.63) is 39.9 Å². The molecule has 0 saturated carbocycles. The van der Waals surface area contributed by atoms with Gasteiger partial charge in [-0.15, -0.1) is 0 Å². The zero-order valence-electron chi connectivity index (χ0n) is 16.1. The third-order valence-corrected chi connectivity index (χ3v) is 5.16. The Morgan fingerprint density at radius 3 is 2.77 bits per heavy atom. The van der Waals surface area contributed by atoms with Crippen LogP contribution in [0.25, 0.3) is 10.9 Å². The summed E-state index contributed by atoms with van der Waals surface area (Å²) in [4.78, 5) is 30.2. The first-order valence-corrected chi connectivity index (χ1v) is 9.77. The van der Waals surface area contributed by atoms with Crippen molar-refractivity contribution in [3.8, 4) is 0 Å². The molecule has 140 valence electrons. The molecule has 3 rings (SSSR count). The Morgan fingerprint density at radius 2 is 2.00 bits per heavy atom. The molecule has 0 atom stereocenters. The molecule has 5 heteroatoms. The minimum atomic E-state index is -0.250. The van der Waals surface area contributed by atoms with E-state index >= 15 is 0 Å². The molecule has 1 aromatic carbocycles. The van der Waals surface area contributed by atoms with Crippen LogP contribution in [0.3, 0.4) is 0 Å². The van der Waals surface area contributed by atoms with Crippen LogP contribution in [0.1, 0.15) is 75.5 Å². The van der Waals surface area contributed by atoms with Gasteiger partial charge in [0.25, 0.3) is 11.5 Å². The maximum Gasteiger partial charge on any atom is 0.261 e. The van der Waals surface area contributed by atoms with Gasteiger partial charge in [0, 0.05) is 24.1 Å². The van der Waals surface area contributed by atoms with Crippen molar-refractivity contribution < 1.29 is 4.79 Å². The second-order valence-electron chi connectivity index (χ2n) is 7.97. The predicted molar refractivity (Wildman–Crippen MR) is 105 cm³/mol. The SMILES string of the molecule is CCCC(C)(C)NC(=O)c1ccc2c(=O)n3c(nc2c1)CCCCCC3. The van der Waals surface area contributed by atoms with Crippen LogP contribution in [-0.2, 0) is 13.0 Å². The minimum Gasteiger partial charge on any atom is -0.347 e. The van der Waals surface area contributed by atoms with Crippen molar-refractivity contribution in [1.82, 2.24) is 14.9 Å². The zero-order chi connectivity index (χ0) is 18.7. The highest BCUT2D eigenvalue weighted by atomic mass is 16.2. The van der Waals surface area contributed by atoms with E-state index in [0.717, 1.165) is 50.9 Å². The van der Waals surface area contributed by atoms with Crippen LogP contribution in [0.2, 0.25) is 0 Å². The Morgan fingerprint density at radius 1 is 1.23 bits per heavy atom. The maximum absolute atomic E-state index is 12.9. The van der Waals surface area contributed by atoms with E-state index in [9.17, 15) is 9.59 Å². The fourth-order valence-electron chi connectivity index (χ4n) is 3.80. The molecule has 2 heterocycles. The Balaban J connectivity index is 1.97. The van der Waals surface area contributed by atoms with E-state index in [4.69, 9.17) is 4.98 Å². The predicted octanol–water partition coefficient (Wildman–Crippen LogP) is 3.82. The van der Waals surface area contributed by atoms with Gasteiger partial charge in [-0.05, 0) is 51.3 Å². The quantitative estimate of drug-likeness (QED) is 0.907. The number of hydrogen-bond donors (Lipinski definition) is 1. The molecule has 1 aliphatic heterocycles. The van der Waals surface area contributed by atoms with Gasteiger partial charge in [-0.25, -0.2) is 4.98 Å². The van der Waals surface area contributed by atoms with Gasteiger partial charge in [0.05, 0.1) is 10.9 Å². The normalized spacial score (nSPS) is 15.2. The molecule has 0 spiro atoms. The van der Waals surface area contributed by atoms with Crippen LogP contribution in [0, 0.1) is 0 Å². The molecule has 2 aromatic rings. The van der Waals surface area contributed by atoms with Crippen LogP contribution in [0.5, 0.6) is 0 Å². The average molecular weight is 355 g/mol. The first kappa shape index (κ1) is 18.6. The number of hydrogen-bond acceptors (Lipinski definition) is 3. The van der Waals surface area contributed by atoms with Crippen LogP contribution in [-0.4, -0.2) is 21.0 Å². The van der Waals surface area contributed by atoms with Crippen LogP contribution >= 0.6 is 0 Å². The lowest BCUT2D eigenvalue weighted by Crippen LogP contribution is -2.43. The molecule has 26 heavy (non-hydrogen) atoms. The van der Waals surface area contributed by atoms with E-state index in [-0.39, 0.29) is 17.0 Å². The van der Waals surface area contributed by atoms with Crippen molar-refractivity contribution >= 4 is 16.8 Å². The number of nitrogens with one attached hydrogen (secondary N) is 1. The highest BCUT2D eigenvalue weighted by Gasteiger charge is 2.21. The van der Waals surface area contributed by atoms with Crippen molar-refractivity contribution in [2.24, 2.45) is 0 Å². The summed E-state index contributed by atoms with van der Waals surface area (Å²) < 4.78 is 1.82. The van der Waals surface area contributed by atoms with Gasteiger partial charge < -0.3 is 5.32 Å². The van der Waals surface area contributed by atoms with Gasteiger partial charge in [-0.1, -0.05) is 26.2 Å². The highest BCUT2D eigenvalue weighted by Crippen LogP contribution is 2.18. The first-order valence-electron chi connectivity index (χ1n) is 9.77. The number of nitrogens with zero attached hydrogens (tertiary/aromatic N) is 2. The number of carbonyl (C=O) groups is 1. The lowest BCUT2D eigenvalue weighted by atomic mass is 9.98. The standard InChI is InChI=1S/C21H29N3O2/c1-4-12-21(2,3)23-19(25)15-10-11-16-17(14-15)22-18-9-7-5-6-8-13-24(18)20(16)26/h10-11,14H,4-9,12-13H2,1-3H3,(H,23,25). The number of aromatic nitrogens is 2. The lowest BCUT2D eigenvalue weighted by Gasteiger charge is -2.25. The first-order chi connectivity index (χ1) is 12.4. The molecule has 0 radical (unpaired) electrons. The van der Waals surface area contributed by atoms with E-state index < -0.39 is 0 Å². The molecule has 1 aromatic heterocycles. The van der Waals surface area contributed by atoms with Crippen LogP contribution < -0.4 is 10.9 Å². The molecule has 0 fully saturated rings. The molecule has 0 saturated heterocycles. The van der Waals surface area contributed by atoms with E-state index in [0.29, 0.717) is 16.5 Å². The number of carbonyl (C=O) groups excluding carboxylic acids is 1. The zero-order valence-corrected chi connectivity index (χ0v) is 16.1. The summed E-state index contributed by atoms with van der Waals surface area (Å²) >= 11 is 0. The second kappa shape index (κ2) is 7.60. The Bertz CT molecular complexity index is 867. The van der Waals surface area contributed by atoms with Gasteiger partial charge in [-0.3, -0.25) is 14.2 Å². The summed E-state index contributed by atoms with van der Waals surface area (Å²) in [6.07, 6.45) is 7.18. The Hall–Kier alpha value is -2.17. The van der Waals surface area contributed by atoms with Crippen LogP contribution in [0.15, 0.2) is 23.0 Å². The third kappa shape index (κ3) is 3.97. The van der Waals surface area contributed by atoms with Crippen molar-refractivity contribution in [2.45, 2.75) is 77.8 Å². The summed E-state index contributed by atoms with van der Waals surface area (Å²) in [7, 11) is 0. The minimum absolute atomic E-state index is 0.0187. The molecule has 1 N–H and O–H groups in total. The number of rotatable bonds is 4. The van der Waals surface area contributed by atoms with Crippen molar-refractivity contribution in [1.29, 1.82) is 0 Å². The molecular weight excluding hydrogens is 326 g/mol. The maximum atomic E-state index is 12.9. The largest absolute Gasteiger partial charge is 0.347 e. The van der Waals surface area contributed by atoms with Gasteiger partial charge >= 0.3 is 0 Å². The molecule has 1 amide bonds. The molecule has 5 nitrogen and oxygen atoms in total. The molecule has 0 aliphatic carbocycles. The average Bonchev–Trinajstić information content (AvgIpc) is 2.55. The van der Waals surface area contributed by atoms with Gasteiger partial charge in [0.15, 0.2) is 0 Å². The van der Waals surface area contributed by atoms with Gasteiger partial charge in [0.2, 0.25) is 0 Å². The summed E-state index contributed by atoms with van der Waals surface area (Å²) in [5.74, 6) is 0.741. The molecular formula is C21H29N3O2. The van der Waals surface area contributed by atoms with Crippen molar-refractivity contribution in [3.63, 3.8) is 0 Å². The lowest BCUT2D eigenvalue weighted by molar-refractivity contribution is 0.0909. The van der Waals surface area contributed by atoms with Crippen LogP contribution in [0.4, 0.5) is 0 Å². The number of amides is 1. The summed E-state index contributed by atoms with van der Waals surface area (Å²) in [6, 6.07) is 5.24. The summed E-state index contributed by atoms with van der Waals surface area (Å²) in [5, 5.41) is 3.68. The van der Waals surface area contributed by atoms with E-state index in [2.05, 4.69) is 12.2 Å². The Kier molecular flexibility index (Phi) is 5.44. The highest BCUT2D eigenvalue weighted by molar-refractivity contribution is 5.98. The van der Waals surface area contributed by atoms with Gasteiger partial charge in [0.1, 0.15) is 5.82 Å².